The number of nitrogens with zero attached hydrogens (tertiary/aromatic N) is 4. The Bertz CT molecular complexity index is 818. The molecule has 0 radical (unpaired) electrons. The Morgan fingerprint density at radius 2 is 2.23 bits per heavy atom. The van der Waals surface area contributed by atoms with Gasteiger partial charge in [-0.05, 0) is 26.8 Å². The van der Waals surface area contributed by atoms with Crippen LogP contribution in [0.4, 0.5) is 11.6 Å². The quantitative estimate of drug-likeness (QED) is 0.682. The molecule has 1 amide bonds. The summed E-state index contributed by atoms with van der Waals surface area (Å²) in [5.74, 6) is 0.959. The molecule has 8 nitrogen and oxygen atoms in total. The molecule has 0 aliphatic rings. The van der Waals surface area contributed by atoms with E-state index in [4.69, 9.17) is 0 Å². The second kappa shape index (κ2) is 5.47. The number of aryl methyl sites for hydroxylation is 1. The number of fused-ring (bicyclic) bond motifs is 1. The fraction of sp³-hybridized carbons (Fsp3) is 0.286. The second-order valence-corrected chi connectivity index (χ2v) is 5.32. The molecule has 114 valence electrons. The van der Waals surface area contributed by atoms with Crippen LogP contribution >= 0.6 is 0 Å². The normalized spacial score (nSPS) is 11.1. The van der Waals surface area contributed by atoms with E-state index in [-0.39, 0.29) is 11.9 Å². The first kappa shape index (κ1) is 14.1. The van der Waals surface area contributed by atoms with Crippen LogP contribution < -0.4 is 10.6 Å². The van der Waals surface area contributed by atoms with E-state index in [1.807, 2.05) is 26.8 Å². The fourth-order valence-corrected chi connectivity index (χ4v) is 2.08. The van der Waals surface area contributed by atoms with Gasteiger partial charge in [0.15, 0.2) is 5.65 Å². The van der Waals surface area contributed by atoms with Crippen molar-refractivity contribution >= 4 is 23.2 Å². The topological polar surface area (TPSA) is 100 Å². The first-order valence-electron chi connectivity index (χ1n) is 6.97. The van der Waals surface area contributed by atoms with E-state index in [1.165, 1.54) is 6.20 Å². The standard InChI is InChI=1S/C14H17N7O/c1-8(2)16-11-4-5-21-13(17-11)10(7-15-21)14(22)18-12-6-9(3)19-20-12/h4-8H,1-3H3,(H,16,17)(H2,18,19,20,22). The third kappa shape index (κ3) is 2.76. The predicted molar refractivity (Wildman–Crippen MR) is 83.0 cm³/mol. The Morgan fingerprint density at radius 3 is 2.91 bits per heavy atom. The third-order valence-corrected chi connectivity index (χ3v) is 3.00. The summed E-state index contributed by atoms with van der Waals surface area (Å²) in [6.07, 6.45) is 3.27. The molecule has 0 aromatic carbocycles. The van der Waals surface area contributed by atoms with Gasteiger partial charge >= 0.3 is 0 Å². The van der Waals surface area contributed by atoms with Crippen molar-refractivity contribution in [3.63, 3.8) is 0 Å². The summed E-state index contributed by atoms with van der Waals surface area (Å²) in [6, 6.07) is 3.83. The second-order valence-electron chi connectivity index (χ2n) is 5.32. The van der Waals surface area contributed by atoms with E-state index >= 15 is 0 Å². The number of rotatable bonds is 4. The Hall–Kier alpha value is -2.90. The highest BCUT2D eigenvalue weighted by atomic mass is 16.1. The van der Waals surface area contributed by atoms with E-state index in [0.717, 1.165) is 5.69 Å². The van der Waals surface area contributed by atoms with Gasteiger partial charge in [-0.25, -0.2) is 9.50 Å². The number of carbonyl (C=O) groups is 1. The van der Waals surface area contributed by atoms with Gasteiger partial charge in [-0.3, -0.25) is 9.89 Å². The molecule has 0 fully saturated rings. The predicted octanol–water partition coefficient (Wildman–Crippen LogP) is 1.83. The largest absolute Gasteiger partial charge is 0.368 e. The fourth-order valence-electron chi connectivity index (χ4n) is 2.08. The van der Waals surface area contributed by atoms with Gasteiger partial charge in [0.25, 0.3) is 5.91 Å². The number of aromatic amines is 1. The van der Waals surface area contributed by atoms with Crippen LogP contribution in [0.25, 0.3) is 5.65 Å². The zero-order valence-electron chi connectivity index (χ0n) is 12.6. The summed E-state index contributed by atoms with van der Waals surface area (Å²) in [6.45, 7) is 5.89. The van der Waals surface area contributed by atoms with Gasteiger partial charge in [-0.15, -0.1) is 0 Å². The van der Waals surface area contributed by atoms with Gasteiger partial charge in [0.1, 0.15) is 17.2 Å². The molecule has 3 rings (SSSR count). The zero-order chi connectivity index (χ0) is 15.7. The Morgan fingerprint density at radius 1 is 1.41 bits per heavy atom. The van der Waals surface area contributed by atoms with Crippen LogP contribution in [-0.2, 0) is 0 Å². The van der Waals surface area contributed by atoms with Gasteiger partial charge < -0.3 is 10.6 Å². The van der Waals surface area contributed by atoms with Gasteiger partial charge in [-0.1, -0.05) is 0 Å². The molecule has 3 aromatic rings. The van der Waals surface area contributed by atoms with Crippen LogP contribution in [0, 0.1) is 6.92 Å². The molecule has 0 atom stereocenters. The Kier molecular flexibility index (Phi) is 3.50. The summed E-state index contributed by atoms with van der Waals surface area (Å²) in [5.41, 5.74) is 1.70. The smallest absolute Gasteiger partial charge is 0.262 e. The highest BCUT2D eigenvalue weighted by molar-refractivity contribution is 6.07. The van der Waals surface area contributed by atoms with E-state index < -0.39 is 0 Å². The average molecular weight is 299 g/mol. The lowest BCUT2D eigenvalue weighted by Gasteiger charge is -2.09. The number of H-pyrrole nitrogens is 1. The van der Waals surface area contributed by atoms with Gasteiger partial charge in [0.05, 0.1) is 11.9 Å². The van der Waals surface area contributed by atoms with E-state index in [0.29, 0.717) is 22.8 Å². The van der Waals surface area contributed by atoms with Crippen LogP contribution in [-0.4, -0.2) is 36.7 Å². The summed E-state index contributed by atoms with van der Waals surface area (Å²) in [5, 5.41) is 16.8. The number of hydrogen-bond acceptors (Lipinski definition) is 5. The maximum Gasteiger partial charge on any atom is 0.262 e. The molecule has 8 heteroatoms. The monoisotopic (exact) mass is 299 g/mol. The summed E-state index contributed by atoms with van der Waals surface area (Å²) < 4.78 is 1.57. The maximum atomic E-state index is 12.4. The highest BCUT2D eigenvalue weighted by Gasteiger charge is 2.15. The molecule has 0 saturated carbocycles. The molecule has 3 heterocycles. The van der Waals surface area contributed by atoms with Crippen molar-refractivity contribution in [2.24, 2.45) is 0 Å². The minimum Gasteiger partial charge on any atom is -0.368 e. The van der Waals surface area contributed by atoms with Crippen molar-refractivity contribution in [2.45, 2.75) is 26.8 Å². The van der Waals surface area contributed by atoms with E-state index in [1.54, 1.807) is 16.8 Å². The number of aromatic nitrogens is 5. The molecule has 0 aliphatic heterocycles. The molecule has 0 unspecified atom stereocenters. The van der Waals surface area contributed by atoms with E-state index in [9.17, 15) is 4.79 Å². The summed E-state index contributed by atoms with van der Waals surface area (Å²) in [4.78, 5) is 16.8. The van der Waals surface area contributed by atoms with Crippen molar-refractivity contribution in [3.8, 4) is 0 Å². The number of carbonyl (C=O) groups excluding carboxylic acids is 1. The molecular formula is C14H17N7O. The number of nitrogens with one attached hydrogen (secondary N) is 3. The first-order chi connectivity index (χ1) is 10.5. The SMILES string of the molecule is Cc1cc(NC(=O)c2cnn3ccc(NC(C)C)nc23)[nH]n1. The molecule has 3 aromatic heterocycles. The maximum absolute atomic E-state index is 12.4. The number of amides is 1. The van der Waals surface area contributed by atoms with Crippen LogP contribution in [0.5, 0.6) is 0 Å². The van der Waals surface area contributed by atoms with Crippen LogP contribution in [0.15, 0.2) is 24.5 Å². The molecule has 3 N–H and O–H groups in total. The summed E-state index contributed by atoms with van der Waals surface area (Å²) in [7, 11) is 0. The molecular weight excluding hydrogens is 282 g/mol. The molecule has 0 spiro atoms. The summed E-state index contributed by atoms with van der Waals surface area (Å²) >= 11 is 0. The van der Waals surface area contributed by atoms with Gasteiger partial charge in [0, 0.05) is 18.3 Å². The lowest BCUT2D eigenvalue weighted by Crippen LogP contribution is -2.14. The van der Waals surface area contributed by atoms with Crippen molar-refractivity contribution in [1.29, 1.82) is 0 Å². The molecule has 22 heavy (non-hydrogen) atoms. The lowest BCUT2D eigenvalue weighted by molar-refractivity contribution is 0.102. The Labute approximate surface area is 126 Å². The minimum atomic E-state index is -0.284. The van der Waals surface area contributed by atoms with Crippen LogP contribution in [0.1, 0.15) is 29.9 Å². The lowest BCUT2D eigenvalue weighted by atomic mass is 10.3. The molecule has 0 aliphatic carbocycles. The van der Waals surface area contributed by atoms with Crippen molar-refractivity contribution in [2.75, 3.05) is 10.6 Å². The van der Waals surface area contributed by atoms with Gasteiger partial charge in [0.2, 0.25) is 0 Å². The number of anilines is 2. The minimum absolute atomic E-state index is 0.253. The van der Waals surface area contributed by atoms with Crippen molar-refractivity contribution < 1.29 is 4.79 Å². The van der Waals surface area contributed by atoms with E-state index in [2.05, 4.69) is 30.9 Å². The first-order valence-corrected chi connectivity index (χ1v) is 6.97. The van der Waals surface area contributed by atoms with Gasteiger partial charge in [-0.2, -0.15) is 10.2 Å². The third-order valence-electron chi connectivity index (χ3n) is 3.00. The average Bonchev–Trinajstić information content (AvgIpc) is 3.04. The molecule has 0 saturated heterocycles. The van der Waals surface area contributed by atoms with Crippen molar-refractivity contribution in [1.82, 2.24) is 24.8 Å². The Balaban J connectivity index is 1.90. The molecule has 0 bridgehead atoms. The highest BCUT2D eigenvalue weighted by Crippen LogP contribution is 2.14. The zero-order valence-corrected chi connectivity index (χ0v) is 12.6. The van der Waals surface area contributed by atoms with Crippen LogP contribution in [0.2, 0.25) is 0 Å². The number of hydrogen-bond donors (Lipinski definition) is 3. The van der Waals surface area contributed by atoms with Crippen LogP contribution in [0.3, 0.4) is 0 Å². The van der Waals surface area contributed by atoms with Crippen molar-refractivity contribution in [3.05, 3.63) is 35.8 Å².